The molecule has 1 aromatic carbocycles. The summed E-state index contributed by atoms with van der Waals surface area (Å²) in [5.74, 6) is 0.392. The summed E-state index contributed by atoms with van der Waals surface area (Å²) in [7, 11) is 0. The number of aromatic nitrogens is 4. The Kier molecular flexibility index (Phi) is 3.97. The molecule has 0 spiro atoms. The maximum atomic E-state index is 10.9. The third kappa shape index (κ3) is 2.93. The highest BCUT2D eigenvalue weighted by atomic mass is 16.5. The van der Waals surface area contributed by atoms with Crippen LogP contribution < -0.4 is 10.5 Å². The summed E-state index contributed by atoms with van der Waals surface area (Å²) in [5, 5.41) is 11.2. The molecule has 1 aromatic heterocycles. The van der Waals surface area contributed by atoms with E-state index in [4.69, 9.17) is 10.5 Å². The number of nitrogens with zero attached hydrogens (tertiary/aromatic N) is 4. The van der Waals surface area contributed by atoms with Gasteiger partial charge in [-0.05, 0) is 46.5 Å². The van der Waals surface area contributed by atoms with Gasteiger partial charge in [-0.1, -0.05) is 13.8 Å². The Morgan fingerprint density at radius 3 is 2.75 bits per heavy atom. The van der Waals surface area contributed by atoms with E-state index in [1.165, 1.54) is 6.33 Å². The van der Waals surface area contributed by atoms with Crippen molar-refractivity contribution in [2.24, 2.45) is 5.73 Å². The van der Waals surface area contributed by atoms with E-state index in [0.717, 1.165) is 16.8 Å². The minimum atomic E-state index is -0.498. The number of hydrogen-bond donors (Lipinski definition) is 1. The van der Waals surface area contributed by atoms with E-state index < -0.39 is 5.91 Å². The second-order valence-electron chi connectivity index (χ2n) is 4.84. The van der Waals surface area contributed by atoms with Gasteiger partial charge < -0.3 is 10.5 Å². The number of ether oxygens (including phenoxy) is 1. The molecule has 0 bridgehead atoms. The van der Waals surface area contributed by atoms with E-state index in [0.29, 0.717) is 5.75 Å². The van der Waals surface area contributed by atoms with Crippen molar-refractivity contribution >= 4 is 5.91 Å². The van der Waals surface area contributed by atoms with Crippen molar-refractivity contribution < 1.29 is 9.53 Å². The van der Waals surface area contributed by atoms with Gasteiger partial charge in [-0.15, -0.1) is 5.10 Å². The van der Waals surface area contributed by atoms with E-state index in [-0.39, 0.29) is 12.5 Å². The molecule has 2 N–H and O–H groups in total. The Morgan fingerprint density at radius 2 is 2.20 bits per heavy atom. The van der Waals surface area contributed by atoms with E-state index in [1.54, 1.807) is 4.68 Å². The van der Waals surface area contributed by atoms with Crippen LogP contribution in [0.15, 0.2) is 18.5 Å². The molecule has 1 heterocycles. The lowest BCUT2D eigenvalue weighted by molar-refractivity contribution is -0.119. The number of aryl methyl sites for hydroxylation is 1. The van der Waals surface area contributed by atoms with Crippen molar-refractivity contribution in [2.75, 3.05) is 6.61 Å². The van der Waals surface area contributed by atoms with Crippen LogP contribution in [0.3, 0.4) is 0 Å². The predicted molar refractivity (Wildman–Crippen MR) is 72.7 cm³/mol. The molecule has 0 aliphatic heterocycles. The van der Waals surface area contributed by atoms with Gasteiger partial charge in [0.1, 0.15) is 12.1 Å². The molecule has 0 radical (unpaired) electrons. The molecule has 0 atom stereocenters. The molecular weight excluding hydrogens is 258 g/mol. The number of carbonyl (C=O) groups is 1. The predicted octanol–water partition coefficient (Wildman–Crippen LogP) is 0.958. The largest absolute Gasteiger partial charge is 0.483 e. The van der Waals surface area contributed by atoms with Crippen molar-refractivity contribution in [1.82, 2.24) is 20.2 Å². The zero-order chi connectivity index (χ0) is 14.7. The highest BCUT2D eigenvalue weighted by Gasteiger charge is 2.14. The van der Waals surface area contributed by atoms with Gasteiger partial charge in [-0.3, -0.25) is 4.79 Å². The van der Waals surface area contributed by atoms with E-state index in [2.05, 4.69) is 15.5 Å². The zero-order valence-corrected chi connectivity index (χ0v) is 11.7. The summed E-state index contributed by atoms with van der Waals surface area (Å²) in [5.41, 5.74) is 7.92. The molecule has 20 heavy (non-hydrogen) atoms. The van der Waals surface area contributed by atoms with E-state index in [9.17, 15) is 4.79 Å². The minimum absolute atomic E-state index is 0.136. The van der Waals surface area contributed by atoms with Gasteiger partial charge in [0.25, 0.3) is 5.91 Å². The van der Waals surface area contributed by atoms with Crippen molar-refractivity contribution in [3.05, 3.63) is 29.6 Å². The van der Waals surface area contributed by atoms with Gasteiger partial charge >= 0.3 is 0 Å². The fourth-order valence-corrected chi connectivity index (χ4v) is 1.93. The zero-order valence-electron chi connectivity index (χ0n) is 11.7. The first-order valence-electron chi connectivity index (χ1n) is 6.28. The summed E-state index contributed by atoms with van der Waals surface area (Å²) in [6, 6.07) is 3.84. The van der Waals surface area contributed by atoms with Crippen molar-refractivity contribution in [2.45, 2.75) is 26.7 Å². The van der Waals surface area contributed by atoms with Crippen LogP contribution in [0.5, 0.6) is 5.75 Å². The van der Waals surface area contributed by atoms with Crippen LogP contribution in [0.4, 0.5) is 0 Å². The first-order valence-corrected chi connectivity index (χ1v) is 6.28. The van der Waals surface area contributed by atoms with Crippen LogP contribution in [0.1, 0.15) is 30.9 Å². The van der Waals surface area contributed by atoms with Gasteiger partial charge in [0, 0.05) is 0 Å². The summed E-state index contributed by atoms with van der Waals surface area (Å²) >= 11 is 0. The number of hydrogen-bond acceptors (Lipinski definition) is 5. The first-order chi connectivity index (χ1) is 9.49. The Labute approximate surface area is 116 Å². The maximum absolute atomic E-state index is 10.9. The fraction of sp³-hybridized carbons (Fsp3) is 0.385. The molecule has 0 saturated carbocycles. The van der Waals surface area contributed by atoms with Crippen LogP contribution in [-0.4, -0.2) is 32.7 Å². The lowest BCUT2D eigenvalue weighted by Crippen LogP contribution is -2.20. The van der Waals surface area contributed by atoms with Crippen molar-refractivity contribution in [3.8, 4) is 11.4 Å². The molecule has 0 fully saturated rings. The third-order valence-electron chi connectivity index (χ3n) is 2.92. The normalized spacial score (nSPS) is 10.8. The number of rotatable bonds is 5. The van der Waals surface area contributed by atoms with Gasteiger partial charge in [0.05, 0.1) is 5.69 Å². The average Bonchev–Trinajstić information content (AvgIpc) is 2.89. The van der Waals surface area contributed by atoms with E-state index >= 15 is 0 Å². The lowest BCUT2D eigenvalue weighted by atomic mass is 9.99. The monoisotopic (exact) mass is 275 g/mol. The SMILES string of the molecule is Cc1cc(OCC(N)=O)c(C(C)C)cc1-n1cnnn1. The lowest BCUT2D eigenvalue weighted by Gasteiger charge is -2.16. The molecule has 7 heteroatoms. The standard InChI is InChI=1S/C13H17N5O2/c1-8(2)10-5-11(18-7-15-16-17-18)9(3)4-12(10)20-6-13(14)19/h4-5,7-8H,6H2,1-3H3,(H2,14,19). The van der Waals surface area contributed by atoms with Crippen molar-refractivity contribution in [1.29, 1.82) is 0 Å². The number of benzene rings is 1. The van der Waals surface area contributed by atoms with Crippen LogP contribution in [0.25, 0.3) is 5.69 Å². The minimum Gasteiger partial charge on any atom is -0.483 e. The third-order valence-corrected chi connectivity index (χ3v) is 2.92. The van der Waals surface area contributed by atoms with E-state index in [1.807, 2.05) is 32.9 Å². The molecule has 2 aromatic rings. The highest BCUT2D eigenvalue weighted by Crippen LogP contribution is 2.31. The number of amides is 1. The van der Waals surface area contributed by atoms with Crippen LogP contribution >= 0.6 is 0 Å². The average molecular weight is 275 g/mol. The number of tetrazole rings is 1. The van der Waals surface area contributed by atoms with Gasteiger partial charge in [-0.2, -0.15) is 0 Å². The molecule has 0 aliphatic carbocycles. The fourth-order valence-electron chi connectivity index (χ4n) is 1.93. The smallest absolute Gasteiger partial charge is 0.255 e. The molecule has 2 rings (SSSR count). The molecule has 7 nitrogen and oxygen atoms in total. The van der Waals surface area contributed by atoms with Gasteiger partial charge in [-0.25, -0.2) is 4.68 Å². The van der Waals surface area contributed by atoms with Gasteiger partial charge in [0.15, 0.2) is 6.61 Å². The van der Waals surface area contributed by atoms with Gasteiger partial charge in [0.2, 0.25) is 0 Å². The Bertz CT molecular complexity index is 607. The molecule has 0 aliphatic rings. The Balaban J connectivity index is 2.44. The Hall–Kier alpha value is -2.44. The second kappa shape index (κ2) is 5.68. The molecular formula is C13H17N5O2. The molecule has 106 valence electrons. The second-order valence-corrected chi connectivity index (χ2v) is 4.84. The van der Waals surface area contributed by atoms with Crippen LogP contribution in [-0.2, 0) is 4.79 Å². The summed E-state index contributed by atoms with van der Waals surface area (Å²) in [4.78, 5) is 10.9. The maximum Gasteiger partial charge on any atom is 0.255 e. The molecule has 0 saturated heterocycles. The van der Waals surface area contributed by atoms with Crippen molar-refractivity contribution in [3.63, 3.8) is 0 Å². The number of nitrogens with two attached hydrogens (primary N) is 1. The molecule has 0 unspecified atom stereocenters. The summed E-state index contributed by atoms with van der Waals surface area (Å²) < 4.78 is 7.07. The number of carbonyl (C=O) groups excluding carboxylic acids is 1. The molecule has 1 amide bonds. The quantitative estimate of drug-likeness (QED) is 0.876. The van der Waals surface area contributed by atoms with Crippen LogP contribution in [0, 0.1) is 6.92 Å². The highest BCUT2D eigenvalue weighted by molar-refractivity contribution is 5.75. The summed E-state index contributed by atoms with van der Waals surface area (Å²) in [6.45, 7) is 5.89. The van der Waals surface area contributed by atoms with Crippen LogP contribution in [0.2, 0.25) is 0 Å². The topological polar surface area (TPSA) is 95.9 Å². The Morgan fingerprint density at radius 1 is 1.45 bits per heavy atom. The summed E-state index contributed by atoms with van der Waals surface area (Å²) in [6.07, 6.45) is 1.54. The number of primary amides is 1. The first kappa shape index (κ1) is 14.0.